The van der Waals surface area contributed by atoms with Gasteiger partial charge in [0.05, 0.1) is 17.4 Å². The van der Waals surface area contributed by atoms with Crippen molar-refractivity contribution in [3.63, 3.8) is 0 Å². The zero-order valence-electron chi connectivity index (χ0n) is 21.2. The van der Waals surface area contributed by atoms with Crippen LogP contribution in [-0.4, -0.2) is 52.3 Å². The smallest absolute Gasteiger partial charge is 0.262 e. The lowest BCUT2D eigenvalue weighted by Crippen LogP contribution is -2.52. The lowest BCUT2D eigenvalue weighted by Gasteiger charge is -2.33. The average Bonchev–Trinajstić information content (AvgIpc) is 3.05. The van der Waals surface area contributed by atoms with Gasteiger partial charge in [-0.1, -0.05) is 23.6 Å². The number of hydrogen-bond acceptors (Lipinski definition) is 6. The fourth-order valence-corrected chi connectivity index (χ4v) is 5.84. The maximum Gasteiger partial charge on any atom is 0.262 e. The maximum absolute atomic E-state index is 13.2. The molecule has 0 spiro atoms. The molecule has 9 heteroatoms. The number of rotatable bonds is 10. The molecule has 1 atom stereocenters. The summed E-state index contributed by atoms with van der Waals surface area (Å²) in [7, 11) is -1.66. The SMILES string of the molecule is CCC1=CC(C(=O)NCCCOc2ccc(S(=O)C3(C(=O)NO)CCOCC3)cc2)=CC(C)=C(C)C1. The van der Waals surface area contributed by atoms with Crippen molar-refractivity contribution in [3.05, 3.63) is 58.7 Å². The van der Waals surface area contributed by atoms with Gasteiger partial charge >= 0.3 is 0 Å². The molecule has 3 N–H and O–H groups in total. The Morgan fingerprint density at radius 2 is 1.83 bits per heavy atom. The van der Waals surface area contributed by atoms with Crippen molar-refractivity contribution in [2.24, 2.45) is 0 Å². The number of hydroxylamine groups is 1. The van der Waals surface area contributed by atoms with Gasteiger partial charge in [0.1, 0.15) is 10.5 Å². The summed E-state index contributed by atoms with van der Waals surface area (Å²) in [6.45, 7) is 7.74. The Morgan fingerprint density at radius 3 is 2.47 bits per heavy atom. The Labute approximate surface area is 215 Å². The van der Waals surface area contributed by atoms with Gasteiger partial charge in [0.15, 0.2) is 0 Å². The van der Waals surface area contributed by atoms with E-state index in [4.69, 9.17) is 14.7 Å². The fraction of sp³-hybridized carbons (Fsp3) is 0.481. The summed E-state index contributed by atoms with van der Waals surface area (Å²) in [5.41, 5.74) is 6.02. The number of nitrogens with one attached hydrogen (secondary N) is 2. The number of benzene rings is 1. The van der Waals surface area contributed by atoms with Crippen LogP contribution in [-0.2, 0) is 25.1 Å². The van der Waals surface area contributed by atoms with Crippen LogP contribution < -0.4 is 15.5 Å². The second-order valence-corrected chi connectivity index (χ2v) is 10.9. The van der Waals surface area contributed by atoms with Gasteiger partial charge in [-0.3, -0.25) is 19.0 Å². The third kappa shape index (κ3) is 6.72. The van der Waals surface area contributed by atoms with E-state index in [9.17, 15) is 13.8 Å². The van der Waals surface area contributed by atoms with Gasteiger partial charge in [0, 0.05) is 30.2 Å². The molecule has 1 fully saturated rings. The van der Waals surface area contributed by atoms with Crippen molar-refractivity contribution in [1.82, 2.24) is 10.8 Å². The predicted octanol–water partition coefficient (Wildman–Crippen LogP) is 3.74. The number of carbonyl (C=O) groups excluding carboxylic acids is 2. The number of hydrogen-bond donors (Lipinski definition) is 3. The molecule has 1 aromatic carbocycles. The number of ether oxygens (including phenoxy) is 2. The quantitative estimate of drug-likeness (QED) is 0.248. The molecule has 0 aromatic heterocycles. The summed E-state index contributed by atoms with van der Waals surface area (Å²) in [6, 6.07) is 6.76. The molecular formula is C27H36N2O6S. The van der Waals surface area contributed by atoms with E-state index in [2.05, 4.69) is 19.2 Å². The van der Waals surface area contributed by atoms with Gasteiger partial charge in [0.25, 0.3) is 11.8 Å². The molecule has 0 saturated carbocycles. The Balaban J connectivity index is 1.50. The number of allylic oxidation sites excluding steroid dienone is 4. The maximum atomic E-state index is 13.2. The molecule has 0 bridgehead atoms. The van der Waals surface area contributed by atoms with Crippen LogP contribution >= 0.6 is 0 Å². The second-order valence-electron chi connectivity index (χ2n) is 9.14. The molecule has 1 heterocycles. The van der Waals surface area contributed by atoms with Gasteiger partial charge in [-0.05, 0) is 82.4 Å². The molecular weight excluding hydrogens is 480 g/mol. The Bertz CT molecular complexity index is 1070. The summed E-state index contributed by atoms with van der Waals surface area (Å²) >= 11 is 0. The third-order valence-corrected chi connectivity index (χ3v) is 8.70. The summed E-state index contributed by atoms with van der Waals surface area (Å²) in [6.07, 6.45) is 6.91. The van der Waals surface area contributed by atoms with Crippen LogP contribution in [0.5, 0.6) is 5.75 Å². The zero-order valence-corrected chi connectivity index (χ0v) is 22.0. The van der Waals surface area contributed by atoms with Crippen molar-refractivity contribution in [2.45, 2.75) is 62.5 Å². The molecule has 2 aliphatic rings. The minimum Gasteiger partial charge on any atom is -0.494 e. The Hall–Kier alpha value is -2.75. The van der Waals surface area contributed by atoms with Gasteiger partial charge in [0.2, 0.25) is 0 Å². The molecule has 196 valence electrons. The lowest BCUT2D eigenvalue weighted by atomic mass is 9.98. The Kier molecular flexibility index (Phi) is 10.0. The van der Waals surface area contributed by atoms with Gasteiger partial charge in [-0.15, -0.1) is 0 Å². The summed E-state index contributed by atoms with van der Waals surface area (Å²) in [5, 5.41) is 12.1. The van der Waals surface area contributed by atoms with Crippen molar-refractivity contribution in [2.75, 3.05) is 26.4 Å². The van der Waals surface area contributed by atoms with Gasteiger partial charge in [-0.25, -0.2) is 5.48 Å². The van der Waals surface area contributed by atoms with E-state index in [0.717, 1.165) is 18.4 Å². The monoisotopic (exact) mass is 516 g/mol. The predicted molar refractivity (Wildman–Crippen MR) is 138 cm³/mol. The van der Waals surface area contributed by atoms with Crippen LogP contribution in [0.25, 0.3) is 0 Å². The highest BCUT2D eigenvalue weighted by atomic mass is 32.2. The van der Waals surface area contributed by atoms with Crippen molar-refractivity contribution < 1.29 is 28.5 Å². The molecule has 2 amide bonds. The third-order valence-electron chi connectivity index (χ3n) is 6.70. The van der Waals surface area contributed by atoms with Crippen LogP contribution in [0.4, 0.5) is 0 Å². The molecule has 8 nitrogen and oxygen atoms in total. The first-order valence-corrected chi connectivity index (χ1v) is 13.5. The van der Waals surface area contributed by atoms with Crippen molar-refractivity contribution in [3.8, 4) is 5.75 Å². The highest BCUT2D eigenvalue weighted by Gasteiger charge is 2.46. The minimum atomic E-state index is -1.66. The lowest BCUT2D eigenvalue weighted by molar-refractivity contribution is -0.134. The molecule has 1 unspecified atom stereocenters. The summed E-state index contributed by atoms with van der Waals surface area (Å²) < 4.78 is 23.1. The van der Waals surface area contributed by atoms with E-state index in [1.165, 1.54) is 11.1 Å². The van der Waals surface area contributed by atoms with Crippen LogP contribution in [0, 0.1) is 0 Å². The standard InChI is InChI=1S/C27H36N2O6S/c1-4-21-16-19(2)20(3)17-22(18-21)25(30)28-12-5-13-35-23-6-8-24(9-7-23)36(33)27(26(31)29-32)10-14-34-15-11-27/h6-9,17-18,32H,4-5,10-16H2,1-3H3,(H,28,30)(H,29,31). The molecule has 1 aliphatic heterocycles. The molecule has 36 heavy (non-hydrogen) atoms. The summed E-state index contributed by atoms with van der Waals surface area (Å²) in [4.78, 5) is 25.5. The number of carbonyl (C=O) groups is 2. The zero-order chi connectivity index (χ0) is 26.1. The normalized spacial score (nSPS) is 18.4. The minimum absolute atomic E-state index is 0.0872. The van der Waals surface area contributed by atoms with Crippen LogP contribution in [0.1, 0.15) is 52.9 Å². The largest absolute Gasteiger partial charge is 0.494 e. The van der Waals surface area contributed by atoms with E-state index < -0.39 is 21.5 Å². The van der Waals surface area contributed by atoms with Gasteiger partial charge in [-0.2, -0.15) is 0 Å². The molecule has 1 saturated heterocycles. The second kappa shape index (κ2) is 13.0. The highest BCUT2D eigenvalue weighted by molar-refractivity contribution is 7.87. The first-order valence-electron chi connectivity index (χ1n) is 12.3. The van der Waals surface area contributed by atoms with Crippen LogP contribution in [0.2, 0.25) is 0 Å². The molecule has 1 aromatic rings. The first kappa shape index (κ1) is 27.8. The van der Waals surface area contributed by atoms with E-state index in [1.54, 1.807) is 29.7 Å². The van der Waals surface area contributed by atoms with E-state index in [-0.39, 0.29) is 18.7 Å². The summed E-state index contributed by atoms with van der Waals surface area (Å²) in [5.74, 6) is -0.141. The average molecular weight is 517 g/mol. The van der Waals surface area contributed by atoms with Crippen LogP contribution in [0.3, 0.4) is 0 Å². The fourth-order valence-electron chi connectivity index (χ4n) is 4.26. The van der Waals surface area contributed by atoms with E-state index >= 15 is 0 Å². The molecule has 0 radical (unpaired) electrons. The number of amides is 2. The topological polar surface area (TPSA) is 114 Å². The first-order chi connectivity index (χ1) is 17.3. The van der Waals surface area contributed by atoms with E-state index in [0.29, 0.717) is 49.0 Å². The Morgan fingerprint density at radius 1 is 1.14 bits per heavy atom. The van der Waals surface area contributed by atoms with Crippen LogP contribution in [0.15, 0.2) is 63.6 Å². The molecule has 3 rings (SSSR count). The molecule has 1 aliphatic carbocycles. The highest BCUT2D eigenvalue weighted by Crippen LogP contribution is 2.33. The van der Waals surface area contributed by atoms with Crippen molar-refractivity contribution in [1.29, 1.82) is 0 Å². The van der Waals surface area contributed by atoms with Gasteiger partial charge < -0.3 is 14.8 Å². The van der Waals surface area contributed by atoms with E-state index in [1.807, 2.05) is 19.1 Å². The van der Waals surface area contributed by atoms with Crippen molar-refractivity contribution >= 4 is 22.6 Å².